The van der Waals surface area contributed by atoms with Crippen LogP contribution in [0.15, 0.2) is 18.2 Å². The summed E-state index contributed by atoms with van der Waals surface area (Å²) in [6.45, 7) is 9.34. The van der Waals surface area contributed by atoms with Crippen LogP contribution in [-0.2, 0) is 13.0 Å². The van der Waals surface area contributed by atoms with Crippen molar-refractivity contribution in [3.63, 3.8) is 0 Å². The fourth-order valence-electron chi connectivity index (χ4n) is 3.46. The zero-order chi connectivity index (χ0) is 19.6. The predicted molar refractivity (Wildman–Crippen MR) is 106 cm³/mol. The van der Waals surface area contributed by atoms with Crippen LogP contribution in [-0.4, -0.2) is 27.9 Å². The van der Waals surface area contributed by atoms with Crippen LogP contribution in [0.25, 0.3) is 0 Å². The van der Waals surface area contributed by atoms with E-state index in [1.165, 1.54) is 0 Å². The first-order valence-corrected chi connectivity index (χ1v) is 9.63. The summed E-state index contributed by atoms with van der Waals surface area (Å²) in [5.74, 6) is 0.222. The van der Waals surface area contributed by atoms with Gasteiger partial charge in [-0.05, 0) is 50.2 Å². The van der Waals surface area contributed by atoms with E-state index in [1.54, 1.807) is 0 Å². The number of hydrogen-bond donors (Lipinski definition) is 2. The van der Waals surface area contributed by atoms with E-state index in [1.807, 2.05) is 50.5 Å². The number of imidazole rings is 1. The van der Waals surface area contributed by atoms with E-state index in [-0.39, 0.29) is 11.8 Å². The Bertz CT molecular complexity index is 847. The maximum Gasteiger partial charge on any atom is 0.291 e. The standard InChI is InChI=1S/C21H28N4O2/c1-13(2)12-22-20(26)18-16-10-5-6-11-25(16)19(23-18)21(27)24-17-14(3)8-7-9-15(17)4/h7-9,13H,5-6,10-12H2,1-4H3,(H,22,26)(H,24,27). The van der Waals surface area contributed by atoms with Crippen molar-refractivity contribution < 1.29 is 9.59 Å². The molecule has 0 radical (unpaired) electrons. The summed E-state index contributed by atoms with van der Waals surface area (Å²) in [7, 11) is 0. The molecule has 144 valence electrons. The SMILES string of the molecule is Cc1cccc(C)c1NC(=O)c1nc(C(=O)NCC(C)C)c2n1CCCC2. The first-order valence-electron chi connectivity index (χ1n) is 9.63. The molecule has 1 aromatic carbocycles. The van der Waals surface area contributed by atoms with E-state index in [0.29, 0.717) is 24.0 Å². The highest BCUT2D eigenvalue weighted by atomic mass is 16.2. The maximum atomic E-state index is 13.0. The number of nitrogens with one attached hydrogen (secondary N) is 2. The number of anilines is 1. The van der Waals surface area contributed by atoms with E-state index < -0.39 is 0 Å². The predicted octanol–water partition coefficient (Wildman–Crippen LogP) is 3.47. The lowest BCUT2D eigenvalue weighted by atomic mass is 10.1. The van der Waals surface area contributed by atoms with E-state index in [4.69, 9.17) is 0 Å². The molecule has 2 amide bonds. The quantitative estimate of drug-likeness (QED) is 0.848. The molecule has 1 aliphatic heterocycles. The number of carbonyl (C=O) groups excluding carboxylic acids is 2. The van der Waals surface area contributed by atoms with E-state index in [2.05, 4.69) is 15.6 Å². The van der Waals surface area contributed by atoms with Crippen LogP contribution in [0, 0.1) is 19.8 Å². The van der Waals surface area contributed by atoms with Gasteiger partial charge >= 0.3 is 0 Å². The van der Waals surface area contributed by atoms with E-state index in [0.717, 1.165) is 48.3 Å². The summed E-state index contributed by atoms with van der Waals surface area (Å²) in [4.78, 5) is 30.0. The Kier molecular flexibility index (Phi) is 5.63. The van der Waals surface area contributed by atoms with Gasteiger partial charge in [0.1, 0.15) is 5.69 Å². The molecule has 6 nitrogen and oxygen atoms in total. The zero-order valence-corrected chi connectivity index (χ0v) is 16.6. The van der Waals surface area contributed by atoms with Crippen molar-refractivity contribution in [3.8, 4) is 0 Å². The molecule has 27 heavy (non-hydrogen) atoms. The second-order valence-corrected chi connectivity index (χ2v) is 7.66. The summed E-state index contributed by atoms with van der Waals surface area (Å²) >= 11 is 0. The van der Waals surface area contributed by atoms with Crippen LogP contribution in [0.3, 0.4) is 0 Å². The minimum absolute atomic E-state index is 0.194. The fraction of sp³-hybridized carbons (Fsp3) is 0.476. The van der Waals surface area contributed by atoms with Crippen molar-refractivity contribution >= 4 is 17.5 Å². The molecule has 0 unspecified atom stereocenters. The second kappa shape index (κ2) is 7.94. The lowest BCUT2D eigenvalue weighted by Gasteiger charge is -2.17. The van der Waals surface area contributed by atoms with Gasteiger partial charge in [0.05, 0.1) is 5.69 Å². The number of fused-ring (bicyclic) bond motifs is 1. The lowest BCUT2D eigenvalue weighted by Crippen LogP contribution is -2.29. The monoisotopic (exact) mass is 368 g/mol. The molecule has 0 aliphatic carbocycles. The normalized spacial score (nSPS) is 13.4. The third-order valence-corrected chi connectivity index (χ3v) is 4.93. The molecule has 1 aromatic heterocycles. The molecular formula is C21H28N4O2. The fourth-order valence-corrected chi connectivity index (χ4v) is 3.46. The minimum Gasteiger partial charge on any atom is -0.350 e. The number of benzene rings is 1. The molecule has 1 aliphatic rings. The van der Waals surface area contributed by atoms with Crippen LogP contribution in [0.5, 0.6) is 0 Å². The number of rotatable bonds is 5. The van der Waals surface area contributed by atoms with Gasteiger partial charge in [-0.3, -0.25) is 9.59 Å². The van der Waals surface area contributed by atoms with Crippen molar-refractivity contribution in [1.82, 2.24) is 14.9 Å². The molecule has 2 aromatic rings. The molecule has 3 rings (SSSR count). The Labute approximate surface area is 160 Å². The van der Waals surface area contributed by atoms with E-state index in [9.17, 15) is 9.59 Å². The topological polar surface area (TPSA) is 76.0 Å². The molecule has 2 heterocycles. The molecule has 0 fully saturated rings. The molecule has 0 atom stereocenters. The molecule has 2 N–H and O–H groups in total. The Hall–Kier alpha value is -2.63. The Balaban J connectivity index is 1.91. The number of carbonyl (C=O) groups is 2. The van der Waals surface area contributed by atoms with Gasteiger partial charge in [0.25, 0.3) is 11.8 Å². The van der Waals surface area contributed by atoms with Crippen LogP contribution < -0.4 is 10.6 Å². The Morgan fingerprint density at radius 2 is 1.85 bits per heavy atom. The van der Waals surface area contributed by atoms with Crippen LogP contribution in [0.2, 0.25) is 0 Å². The first kappa shape index (κ1) is 19.1. The average molecular weight is 368 g/mol. The number of amides is 2. The third-order valence-electron chi connectivity index (χ3n) is 4.93. The lowest BCUT2D eigenvalue weighted by molar-refractivity contribution is 0.0943. The third kappa shape index (κ3) is 4.04. The minimum atomic E-state index is -0.265. The zero-order valence-electron chi connectivity index (χ0n) is 16.6. The van der Waals surface area contributed by atoms with Crippen molar-refractivity contribution in [2.75, 3.05) is 11.9 Å². The largest absolute Gasteiger partial charge is 0.350 e. The van der Waals surface area contributed by atoms with Crippen molar-refractivity contribution in [2.24, 2.45) is 5.92 Å². The summed E-state index contributed by atoms with van der Waals surface area (Å²) in [6.07, 6.45) is 2.77. The van der Waals surface area contributed by atoms with Crippen LogP contribution in [0.4, 0.5) is 5.69 Å². The van der Waals surface area contributed by atoms with Crippen LogP contribution in [0.1, 0.15) is 64.6 Å². The number of para-hydroxylation sites is 1. The smallest absolute Gasteiger partial charge is 0.291 e. The molecule has 0 saturated carbocycles. The summed E-state index contributed by atoms with van der Waals surface area (Å²) in [6, 6.07) is 5.90. The molecule has 0 bridgehead atoms. The van der Waals surface area contributed by atoms with Crippen molar-refractivity contribution in [1.29, 1.82) is 0 Å². The summed E-state index contributed by atoms with van der Waals surface area (Å²) in [5.41, 5.74) is 4.07. The summed E-state index contributed by atoms with van der Waals surface area (Å²) in [5, 5.41) is 5.92. The highest BCUT2D eigenvalue weighted by Crippen LogP contribution is 2.24. The second-order valence-electron chi connectivity index (χ2n) is 7.66. The molecule has 6 heteroatoms. The van der Waals surface area contributed by atoms with Gasteiger partial charge in [0.2, 0.25) is 0 Å². The van der Waals surface area contributed by atoms with Crippen molar-refractivity contribution in [2.45, 2.75) is 53.5 Å². The van der Waals surface area contributed by atoms with Gasteiger partial charge < -0.3 is 15.2 Å². The van der Waals surface area contributed by atoms with Gasteiger partial charge in [-0.2, -0.15) is 0 Å². The van der Waals surface area contributed by atoms with Gasteiger partial charge in [-0.1, -0.05) is 32.0 Å². The highest BCUT2D eigenvalue weighted by molar-refractivity contribution is 6.04. The number of aromatic nitrogens is 2. The number of hydrogen-bond acceptors (Lipinski definition) is 3. The molecule has 0 saturated heterocycles. The molecule has 0 spiro atoms. The molecular weight excluding hydrogens is 340 g/mol. The van der Waals surface area contributed by atoms with Gasteiger partial charge in [0, 0.05) is 18.8 Å². The summed E-state index contributed by atoms with van der Waals surface area (Å²) < 4.78 is 1.91. The van der Waals surface area contributed by atoms with Crippen LogP contribution >= 0.6 is 0 Å². The first-order chi connectivity index (χ1) is 12.9. The average Bonchev–Trinajstić information content (AvgIpc) is 3.02. The highest BCUT2D eigenvalue weighted by Gasteiger charge is 2.27. The van der Waals surface area contributed by atoms with Gasteiger partial charge in [-0.25, -0.2) is 4.98 Å². The van der Waals surface area contributed by atoms with Crippen molar-refractivity contribution in [3.05, 3.63) is 46.5 Å². The Morgan fingerprint density at radius 3 is 2.52 bits per heavy atom. The number of nitrogens with zero attached hydrogens (tertiary/aromatic N) is 2. The maximum absolute atomic E-state index is 13.0. The van der Waals surface area contributed by atoms with E-state index >= 15 is 0 Å². The van der Waals surface area contributed by atoms with Gasteiger partial charge in [0.15, 0.2) is 5.82 Å². The number of aryl methyl sites for hydroxylation is 2. The Morgan fingerprint density at radius 1 is 1.15 bits per heavy atom. The van der Waals surface area contributed by atoms with Gasteiger partial charge in [-0.15, -0.1) is 0 Å².